The Balaban J connectivity index is 1.76. The van der Waals surface area contributed by atoms with Crippen LogP contribution >= 0.6 is 0 Å². The fraction of sp³-hybridized carbons (Fsp3) is 0.192. The molecule has 0 saturated carbocycles. The van der Waals surface area contributed by atoms with Crippen LogP contribution in [0.3, 0.4) is 0 Å². The van der Waals surface area contributed by atoms with Gasteiger partial charge in [0.25, 0.3) is 0 Å². The molecule has 0 spiro atoms. The Bertz CT molecular complexity index is 1220. The van der Waals surface area contributed by atoms with Crippen LogP contribution in [0.1, 0.15) is 11.1 Å². The van der Waals surface area contributed by atoms with Crippen molar-refractivity contribution in [3.63, 3.8) is 0 Å². The molecule has 1 N–H and O–H groups in total. The van der Waals surface area contributed by atoms with E-state index in [4.69, 9.17) is 18.9 Å². The second kappa shape index (κ2) is 9.58. The molecule has 0 bridgehead atoms. The van der Waals surface area contributed by atoms with Crippen LogP contribution in [0.5, 0.6) is 23.0 Å². The molecule has 4 aromatic rings. The van der Waals surface area contributed by atoms with Gasteiger partial charge in [0.15, 0.2) is 17.2 Å². The van der Waals surface area contributed by atoms with E-state index in [1.807, 2.05) is 60.7 Å². The van der Waals surface area contributed by atoms with Gasteiger partial charge in [0.05, 0.1) is 27.9 Å². The standard InChI is InChI=1S/C26H25NO5/c1-29-22-12-20(13-23(26(22)31-3)32-16-17-7-5-4-6-8-17)21-11-18-9-10-19(15-28)25(30-2)24(18)27-14-21/h4-14,28H,15-16H2,1-3H3. The van der Waals surface area contributed by atoms with Crippen LogP contribution in [-0.2, 0) is 13.2 Å². The van der Waals surface area contributed by atoms with E-state index in [1.165, 1.54) is 0 Å². The molecule has 0 aliphatic rings. The summed E-state index contributed by atoms with van der Waals surface area (Å²) in [5.41, 5.74) is 4.22. The van der Waals surface area contributed by atoms with Crippen molar-refractivity contribution in [2.24, 2.45) is 0 Å². The summed E-state index contributed by atoms with van der Waals surface area (Å²) in [7, 11) is 4.77. The van der Waals surface area contributed by atoms with E-state index >= 15 is 0 Å². The van der Waals surface area contributed by atoms with Crippen molar-refractivity contribution in [3.05, 3.63) is 78.0 Å². The summed E-state index contributed by atoms with van der Waals surface area (Å²) in [5, 5.41) is 10.5. The number of fused-ring (bicyclic) bond motifs is 1. The molecular weight excluding hydrogens is 406 g/mol. The minimum absolute atomic E-state index is 0.111. The monoisotopic (exact) mass is 431 g/mol. The minimum atomic E-state index is -0.111. The molecule has 6 nitrogen and oxygen atoms in total. The molecule has 0 radical (unpaired) electrons. The summed E-state index contributed by atoms with van der Waals surface area (Å²) < 4.78 is 22.7. The number of hydrogen-bond acceptors (Lipinski definition) is 6. The summed E-state index contributed by atoms with van der Waals surface area (Å²) in [6.07, 6.45) is 1.77. The van der Waals surface area contributed by atoms with Crippen LogP contribution in [0.25, 0.3) is 22.0 Å². The Morgan fingerprint density at radius 3 is 2.22 bits per heavy atom. The predicted octanol–water partition coefficient (Wildman–Crippen LogP) is 5.00. The zero-order chi connectivity index (χ0) is 22.5. The highest BCUT2D eigenvalue weighted by Gasteiger charge is 2.16. The van der Waals surface area contributed by atoms with Crippen molar-refractivity contribution in [2.75, 3.05) is 21.3 Å². The molecule has 0 aliphatic carbocycles. The van der Waals surface area contributed by atoms with Crippen LogP contribution in [0.4, 0.5) is 0 Å². The van der Waals surface area contributed by atoms with Crippen LogP contribution < -0.4 is 18.9 Å². The van der Waals surface area contributed by atoms with E-state index in [9.17, 15) is 5.11 Å². The molecule has 0 saturated heterocycles. The molecular formula is C26H25NO5. The second-order valence-electron chi connectivity index (χ2n) is 7.20. The molecule has 0 aliphatic heterocycles. The van der Waals surface area contributed by atoms with Gasteiger partial charge in [0.2, 0.25) is 5.75 Å². The Hall–Kier alpha value is -3.77. The maximum absolute atomic E-state index is 9.56. The van der Waals surface area contributed by atoms with Gasteiger partial charge in [-0.3, -0.25) is 4.98 Å². The van der Waals surface area contributed by atoms with Gasteiger partial charge in [-0.1, -0.05) is 42.5 Å². The fourth-order valence-corrected chi connectivity index (χ4v) is 3.67. The lowest BCUT2D eigenvalue weighted by Crippen LogP contribution is -2.00. The first kappa shape index (κ1) is 21.5. The molecule has 0 fully saturated rings. The summed E-state index contributed by atoms with van der Waals surface area (Å²) in [6.45, 7) is 0.293. The highest BCUT2D eigenvalue weighted by molar-refractivity contribution is 5.89. The van der Waals surface area contributed by atoms with Gasteiger partial charge < -0.3 is 24.1 Å². The summed E-state index contributed by atoms with van der Waals surface area (Å²) in [4.78, 5) is 4.61. The number of aliphatic hydroxyl groups excluding tert-OH is 1. The van der Waals surface area contributed by atoms with Gasteiger partial charge in [-0.25, -0.2) is 0 Å². The van der Waals surface area contributed by atoms with Crippen LogP contribution in [0.2, 0.25) is 0 Å². The zero-order valence-corrected chi connectivity index (χ0v) is 18.3. The zero-order valence-electron chi connectivity index (χ0n) is 18.3. The van der Waals surface area contributed by atoms with Crippen molar-refractivity contribution in [1.29, 1.82) is 0 Å². The van der Waals surface area contributed by atoms with E-state index in [0.717, 1.165) is 22.1 Å². The molecule has 1 heterocycles. The number of benzene rings is 3. The number of aromatic nitrogens is 1. The molecule has 0 atom stereocenters. The second-order valence-corrected chi connectivity index (χ2v) is 7.20. The quantitative estimate of drug-likeness (QED) is 0.423. The van der Waals surface area contributed by atoms with Crippen molar-refractivity contribution in [3.8, 4) is 34.1 Å². The van der Waals surface area contributed by atoms with Crippen LogP contribution in [0.15, 0.2) is 66.9 Å². The molecule has 0 unspecified atom stereocenters. The number of pyridine rings is 1. The third-order valence-corrected chi connectivity index (χ3v) is 5.28. The average molecular weight is 431 g/mol. The Kier molecular flexibility index (Phi) is 6.42. The lowest BCUT2D eigenvalue weighted by molar-refractivity contribution is 0.274. The van der Waals surface area contributed by atoms with E-state index in [1.54, 1.807) is 27.5 Å². The molecule has 6 heteroatoms. The number of aliphatic hydroxyl groups is 1. The molecule has 3 aromatic carbocycles. The number of nitrogens with zero attached hydrogens (tertiary/aromatic N) is 1. The molecule has 1 aromatic heterocycles. The summed E-state index contributed by atoms with van der Waals surface area (Å²) in [6, 6.07) is 19.6. The maximum atomic E-state index is 9.56. The first-order valence-electron chi connectivity index (χ1n) is 10.2. The largest absolute Gasteiger partial charge is 0.494 e. The fourth-order valence-electron chi connectivity index (χ4n) is 3.67. The van der Waals surface area contributed by atoms with E-state index in [-0.39, 0.29) is 6.61 Å². The first-order valence-corrected chi connectivity index (χ1v) is 10.2. The Labute approximate surface area is 187 Å². The lowest BCUT2D eigenvalue weighted by atomic mass is 10.0. The van der Waals surface area contributed by atoms with E-state index in [2.05, 4.69) is 4.98 Å². The van der Waals surface area contributed by atoms with Gasteiger partial charge in [0, 0.05) is 22.7 Å². The maximum Gasteiger partial charge on any atom is 0.203 e. The average Bonchev–Trinajstić information content (AvgIpc) is 2.86. The van der Waals surface area contributed by atoms with Gasteiger partial charge in [0.1, 0.15) is 12.1 Å². The summed E-state index contributed by atoms with van der Waals surface area (Å²) >= 11 is 0. The third-order valence-electron chi connectivity index (χ3n) is 5.28. The Morgan fingerprint density at radius 2 is 1.53 bits per heavy atom. The van der Waals surface area contributed by atoms with E-state index in [0.29, 0.717) is 40.7 Å². The molecule has 164 valence electrons. The van der Waals surface area contributed by atoms with Crippen molar-refractivity contribution < 1.29 is 24.1 Å². The van der Waals surface area contributed by atoms with Gasteiger partial charge in [-0.2, -0.15) is 0 Å². The van der Waals surface area contributed by atoms with Gasteiger partial charge >= 0.3 is 0 Å². The predicted molar refractivity (Wildman–Crippen MR) is 124 cm³/mol. The van der Waals surface area contributed by atoms with Crippen molar-refractivity contribution >= 4 is 10.9 Å². The normalized spacial score (nSPS) is 10.8. The van der Waals surface area contributed by atoms with Crippen molar-refractivity contribution in [2.45, 2.75) is 13.2 Å². The Morgan fingerprint density at radius 1 is 0.781 bits per heavy atom. The number of methoxy groups -OCH3 is 3. The van der Waals surface area contributed by atoms with E-state index < -0.39 is 0 Å². The minimum Gasteiger partial charge on any atom is -0.494 e. The van der Waals surface area contributed by atoms with Gasteiger partial charge in [-0.05, 0) is 29.3 Å². The molecule has 32 heavy (non-hydrogen) atoms. The lowest BCUT2D eigenvalue weighted by Gasteiger charge is -2.16. The highest BCUT2D eigenvalue weighted by Crippen LogP contribution is 2.42. The SMILES string of the molecule is COc1cc(-c2cnc3c(OC)c(CO)ccc3c2)cc(OCc2ccccc2)c1OC. The van der Waals surface area contributed by atoms with Crippen LogP contribution in [0, 0.1) is 0 Å². The number of ether oxygens (including phenoxy) is 4. The first-order chi connectivity index (χ1) is 15.7. The smallest absolute Gasteiger partial charge is 0.203 e. The topological polar surface area (TPSA) is 70.0 Å². The number of rotatable bonds is 8. The third kappa shape index (κ3) is 4.18. The van der Waals surface area contributed by atoms with Crippen molar-refractivity contribution in [1.82, 2.24) is 4.98 Å². The van der Waals surface area contributed by atoms with Crippen LogP contribution in [-0.4, -0.2) is 31.4 Å². The highest BCUT2D eigenvalue weighted by atomic mass is 16.5. The van der Waals surface area contributed by atoms with Gasteiger partial charge in [-0.15, -0.1) is 0 Å². The molecule has 4 rings (SSSR count). The summed E-state index contributed by atoms with van der Waals surface area (Å²) in [5.74, 6) is 2.27. The number of hydrogen-bond donors (Lipinski definition) is 1. The molecule has 0 amide bonds.